The van der Waals surface area contributed by atoms with Crippen molar-refractivity contribution in [1.82, 2.24) is 10.4 Å². The van der Waals surface area contributed by atoms with Gasteiger partial charge in [-0.25, -0.2) is 5.43 Å². The molecule has 6 heteroatoms. The minimum atomic E-state index is -4.40. The fourth-order valence-electron chi connectivity index (χ4n) is 2.10. The predicted octanol–water partition coefficient (Wildman–Crippen LogP) is 2.50. The zero-order chi connectivity index (χ0) is 13.3. The summed E-state index contributed by atoms with van der Waals surface area (Å²) in [6.07, 6.45) is -4.35. The Balaban J connectivity index is 2.33. The number of halogens is 3. The molecule has 0 bridgehead atoms. The van der Waals surface area contributed by atoms with Gasteiger partial charge in [0.15, 0.2) is 0 Å². The molecular weight excluding hydrogens is 245 g/mol. The van der Waals surface area contributed by atoms with Crippen LogP contribution in [0.25, 0.3) is 0 Å². The van der Waals surface area contributed by atoms with Gasteiger partial charge in [-0.3, -0.25) is 9.80 Å². The van der Waals surface area contributed by atoms with Gasteiger partial charge in [0, 0.05) is 13.0 Å². The second-order valence-corrected chi connectivity index (χ2v) is 4.11. The molecule has 1 heterocycles. The topological polar surface area (TPSA) is 32.3 Å². The van der Waals surface area contributed by atoms with E-state index in [1.165, 1.54) is 17.1 Å². The van der Waals surface area contributed by atoms with E-state index in [-0.39, 0.29) is 17.9 Å². The molecule has 1 fully saturated rings. The van der Waals surface area contributed by atoms with Crippen molar-refractivity contribution in [2.75, 3.05) is 6.54 Å². The highest BCUT2D eigenvalue weighted by Crippen LogP contribution is 2.36. The number of hydrogen-bond acceptors (Lipinski definition) is 2. The van der Waals surface area contributed by atoms with Gasteiger partial charge in [0.2, 0.25) is 5.91 Å². The van der Waals surface area contributed by atoms with Gasteiger partial charge in [-0.2, -0.15) is 13.2 Å². The molecule has 1 atom stereocenters. The molecule has 0 aliphatic carbocycles. The van der Waals surface area contributed by atoms with Crippen molar-refractivity contribution in [3.8, 4) is 0 Å². The maximum absolute atomic E-state index is 12.9. The van der Waals surface area contributed by atoms with Gasteiger partial charge >= 0.3 is 6.18 Å². The van der Waals surface area contributed by atoms with Gasteiger partial charge in [0.05, 0.1) is 11.6 Å². The Morgan fingerprint density at radius 2 is 2.06 bits per heavy atom. The molecule has 0 saturated carbocycles. The molecule has 0 spiro atoms. The van der Waals surface area contributed by atoms with Crippen molar-refractivity contribution < 1.29 is 18.0 Å². The fourth-order valence-corrected chi connectivity index (χ4v) is 2.10. The molecule has 2 rings (SSSR count). The molecule has 18 heavy (non-hydrogen) atoms. The highest BCUT2D eigenvalue weighted by atomic mass is 19.4. The van der Waals surface area contributed by atoms with Crippen molar-refractivity contribution in [2.45, 2.75) is 25.6 Å². The number of nitrogens with zero attached hydrogens (tertiary/aromatic N) is 1. The van der Waals surface area contributed by atoms with Crippen molar-refractivity contribution >= 4 is 5.91 Å². The minimum absolute atomic E-state index is 0.0565. The van der Waals surface area contributed by atoms with Crippen LogP contribution >= 0.6 is 0 Å². The number of amides is 1. The van der Waals surface area contributed by atoms with Gasteiger partial charge in [-0.05, 0) is 18.6 Å². The van der Waals surface area contributed by atoms with E-state index in [1.807, 2.05) is 0 Å². The minimum Gasteiger partial charge on any atom is -0.278 e. The van der Waals surface area contributed by atoms with E-state index in [2.05, 4.69) is 5.43 Å². The maximum Gasteiger partial charge on any atom is 0.416 e. The van der Waals surface area contributed by atoms with E-state index in [1.54, 1.807) is 13.0 Å². The third-order valence-electron chi connectivity index (χ3n) is 2.95. The smallest absolute Gasteiger partial charge is 0.278 e. The number of benzene rings is 1. The summed E-state index contributed by atoms with van der Waals surface area (Å²) < 4.78 is 38.6. The summed E-state index contributed by atoms with van der Waals surface area (Å²) in [5.41, 5.74) is 2.24. The van der Waals surface area contributed by atoms with E-state index >= 15 is 0 Å². The zero-order valence-electron chi connectivity index (χ0n) is 9.79. The first-order valence-corrected chi connectivity index (χ1v) is 5.66. The summed E-state index contributed by atoms with van der Waals surface area (Å²) in [6.45, 7) is 2.20. The van der Waals surface area contributed by atoms with Gasteiger partial charge in [0.25, 0.3) is 0 Å². The van der Waals surface area contributed by atoms with Crippen LogP contribution in [0.5, 0.6) is 0 Å². The SMILES string of the molecule is CCN1NC(c2ccccc2C(F)(F)F)CC1=O. The normalized spacial score (nSPS) is 20.6. The summed E-state index contributed by atoms with van der Waals surface area (Å²) in [5, 5.41) is 1.35. The molecule has 1 saturated heterocycles. The van der Waals surface area contributed by atoms with Crippen molar-refractivity contribution in [3.05, 3.63) is 35.4 Å². The van der Waals surface area contributed by atoms with E-state index < -0.39 is 17.8 Å². The number of hydrazine groups is 1. The highest BCUT2D eigenvalue weighted by Gasteiger charge is 2.38. The van der Waals surface area contributed by atoms with Crippen molar-refractivity contribution in [2.24, 2.45) is 0 Å². The number of carbonyl (C=O) groups excluding carboxylic acids is 1. The monoisotopic (exact) mass is 258 g/mol. The van der Waals surface area contributed by atoms with Gasteiger partial charge in [-0.1, -0.05) is 18.2 Å². The summed E-state index contributed by atoms with van der Waals surface area (Å²) in [4.78, 5) is 11.5. The summed E-state index contributed by atoms with van der Waals surface area (Å²) in [7, 11) is 0. The fraction of sp³-hybridized carbons (Fsp3) is 0.417. The number of rotatable bonds is 2. The second-order valence-electron chi connectivity index (χ2n) is 4.11. The lowest BCUT2D eigenvalue weighted by Crippen LogP contribution is -2.35. The number of nitrogens with one attached hydrogen (secondary N) is 1. The molecule has 1 unspecified atom stereocenters. The zero-order valence-corrected chi connectivity index (χ0v) is 9.79. The molecule has 0 radical (unpaired) electrons. The largest absolute Gasteiger partial charge is 0.416 e. The average molecular weight is 258 g/mol. The Hall–Kier alpha value is -1.56. The molecule has 98 valence electrons. The first-order chi connectivity index (χ1) is 8.43. The van der Waals surface area contributed by atoms with Gasteiger partial charge < -0.3 is 0 Å². The molecule has 3 nitrogen and oxygen atoms in total. The molecule has 1 aromatic carbocycles. The second kappa shape index (κ2) is 4.61. The van der Waals surface area contributed by atoms with Crippen LogP contribution < -0.4 is 5.43 Å². The van der Waals surface area contributed by atoms with Gasteiger partial charge in [0.1, 0.15) is 0 Å². The van der Waals surface area contributed by atoms with E-state index in [9.17, 15) is 18.0 Å². The summed E-state index contributed by atoms with van der Waals surface area (Å²) in [5.74, 6) is -0.181. The van der Waals surface area contributed by atoms with Crippen LogP contribution in [0, 0.1) is 0 Å². The molecule has 1 aromatic rings. The quantitative estimate of drug-likeness (QED) is 0.884. The molecule has 1 amide bonds. The number of carbonyl (C=O) groups is 1. The molecule has 1 aliphatic rings. The van der Waals surface area contributed by atoms with Crippen molar-refractivity contribution in [1.29, 1.82) is 0 Å². The third-order valence-corrected chi connectivity index (χ3v) is 2.95. The van der Waals surface area contributed by atoms with Crippen LogP contribution in [0.3, 0.4) is 0 Å². The third kappa shape index (κ3) is 2.33. The Labute approximate surface area is 103 Å². The van der Waals surface area contributed by atoms with Crippen LogP contribution in [0.4, 0.5) is 13.2 Å². The lowest BCUT2D eigenvalue weighted by atomic mass is 9.99. The van der Waals surface area contributed by atoms with Crippen molar-refractivity contribution in [3.63, 3.8) is 0 Å². The van der Waals surface area contributed by atoms with Crippen LogP contribution in [0.1, 0.15) is 30.5 Å². The average Bonchev–Trinajstić information content (AvgIpc) is 2.69. The lowest BCUT2D eigenvalue weighted by Gasteiger charge is -2.19. The molecule has 1 aliphatic heterocycles. The van der Waals surface area contributed by atoms with E-state index in [4.69, 9.17) is 0 Å². The Bertz CT molecular complexity index is 459. The maximum atomic E-state index is 12.9. The van der Waals surface area contributed by atoms with E-state index in [0.717, 1.165) is 6.07 Å². The standard InChI is InChI=1S/C12H13F3N2O/c1-2-17-11(18)7-10(16-17)8-5-3-4-6-9(8)12(13,14)15/h3-6,10,16H,2,7H2,1H3. The van der Waals surface area contributed by atoms with Crippen LogP contribution in [0.15, 0.2) is 24.3 Å². The Kier molecular flexibility index (Phi) is 3.30. The first kappa shape index (κ1) is 12.9. The van der Waals surface area contributed by atoms with Crippen LogP contribution in [-0.2, 0) is 11.0 Å². The number of alkyl halides is 3. The van der Waals surface area contributed by atoms with Crippen LogP contribution in [-0.4, -0.2) is 17.5 Å². The number of hydrogen-bond donors (Lipinski definition) is 1. The highest BCUT2D eigenvalue weighted by molar-refractivity contribution is 5.78. The lowest BCUT2D eigenvalue weighted by molar-refractivity contribution is -0.138. The molecular formula is C12H13F3N2O. The molecule has 1 N–H and O–H groups in total. The van der Waals surface area contributed by atoms with E-state index in [0.29, 0.717) is 6.54 Å². The Morgan fingerprint density at radius 1 is 1.39 bits per heavy atom. The Morgan fingerprint density at radius 3 is 2.61 bits per heavy atom. The summed E-state index contributed by atoms with van der Waals surface area (Å²) in [6, 6.07) is 4.74. The summed E-state index contributed by atoms with van der Waals surface area (Å²) >= 11 is 0. The predicted molar refractivity (Wildman–Crippen MR) is 59.3 cm³/mol. The van der Waals surface area contributed by atoms with Crippen LogP contribution in [0.2, 0.25) is 0 Å². The first-order valence-electron chi connectivity index (χ1n) is 5.66. The van der Waals surface area contributed by atoms with Gasteiger partial charge in [-0.15, -0.1) is 0 Å². The molecule has 0 aromatic heterocycles.